The molecule has 6 nitrogen and oxygen atoms in total. The van der Waals surface area contributed by atoms with Gasteiger partial charge in [-0.25, -0.2) is 0 Å². The van der Waals surface area contributed by atoms with E-state index in [4.69, 9.17) is 16.3 Å². The first kappa shape index (κ1) is 21.9. The number of hydrogen-bond donors (Lipinski definition) is 1. The Morgan fingerprint density at radius 2 is 1.83 bits per heavy atom. The maximum absolute atomic E-state index is 12.9. The maximum atomic E-state index is 12.9. The molecule has 2 atom stereocenters. The normalized spacial score (nSPS) is 23.0. The average molecular weight is 422 g/mol. The molecule has 7 heteroatoms. The van der Waals surface area contributed by atoms with Crippen LogP contribution in [-0.4, -0.2) is 66.5 Å². The quantitative estimate of drug-likeness (QED) is 0.785. The Labute approximate surface area is 178 Å². The summed E-state index contributed by atoms with van der Waals surface area (Å²) in [5.74, 6) is -0.0128. The lowest BCUT2D eigenvalue weighted by Gasteiger charge is -2.35. The van der Waals surface area contributed by atoms with Gasteiger partial charge in [-0.3, -0.25) is 9.59 Å². The summed E-state index contributed by atoms with van der Waals surface area (Å²) in [6, 6.07) is 5.57. The minimum absolute atomic E-state index is 0.0281. The summed E-state index contributed by atoms with van der Waals surface area (Å²) in [5, 5.41) is 3.54. The molecule has 1 heterocycles. The van der Waals surface area contributed by atoms with Crippen molar-refractivity contribution in [2.45, 2.75) is 64.2 Å². The molecule has 0 spiro atoms. The molecule has 3 rings (SSSR count). The second-order valence-corrected chi connectivity index (χ2v) is 8.72. The lowest BCUT2D eigenvalue weighted by molar-refractivity contribution is -0.141. The second kappa shape index (κ2) is 9.81. The molecule has 29 heavy (non-hydrogen) atoms. The van der Waals surface area contributed by atoms with Crippen LogP contribution in [0.25, 0.3) is 0 Å². The largest absolute Gasteiger partial charge is 0.376 e. The zero-order valence-electron chi connectivity index (χ0n) is 17.6. The summed E-state index contributed by atoms with van der Waals surface area (Å²) < 4.78 is 5.68. The van der Waals surface area contributed by atoms with Crippen molar-refractivity contribution in [1.82, 2.24) is 9.80 Å². The highest BCUT2D eigenvalue weighted by Gasteiger charge is 2.26. The first-order valence-corrected chi connectivity index (χ1v) is 11.0. The predicted molar refractivity (Wildman–Crippen MR) is 115 cm³/mol. The number of amides is 2. The molecule has 2 fully saturated rings. The van der Waals surface area contributed by atoms with Gasteiger partial charge in [-0.1, -0.05) is 30.9 Å². The molecule has 0 bridgehead atoms. The zero-order chi connectivity index (χ0) is 21.0. The van der Waals surface area contributed by atoms with E-state index in [0.29, 0.717) is 29.7 Å². The SMILES string of the molecule is CC1CN(C(=O)CNc2ccc(C(=O)N(C)C3CCCCC3)c(Cl)c2)CC(C)O1. The van der Waals surface area contributed by atoms with Crippen molar-refractivity contribution < 1.29 is 14.3 Å². The van der Waals surface area contributed by atoms with E-state index in [2.05, 4.69) is 5.32 Å². The van der Waals surface area contributed by atoms with Crippen molar-refractivity contribution in [2.75, 3.05) is 32.0 Å². The van der Waals surface area contributed by atoms with Crippen molar-refractivity contribution >= 4 is 29.1 Å². The van der Waals surface area contributed by atoms with Crippen LogP contribution in [0.2, 0.25) is 5.02 Å². The Bertz CT molecular complexity index is 726. The Hall–Kier alpha value is -1.79. The fourth-order valence-electron chi connectivity index (χ4n) is 4.29. The third-order valence-corrected chi connectivity index (χ3v) is 6.17. The standard InChI is InChI=1S/C22H32ClN3O3/c1-15-13-26(14-16(2)29-15)21(27)12-24-17-9-10-19(20(23)11-17)22(28)25(3)18-7-5-4-6-8-18/h9-11,15-16,18,24H,4-8,12-14H2,1-3H3. The van der Waals surface area contributed by atoms with E-state index >= 15 is 0 Å². The number of ether oxygens (including phenoxy) is 1. The monoisotopic (exact) mass is 421 g/mol. The maximum Gasteiger partial charge on any atom is 0.255 e. The minimum Gasteiger partial charge on any atom is -0.376 e. The number of nitrogens with one attached hydrogen (secondary N) is 1. The van der Waals surface area contributed by atoms with E-state index < -0.39 is 0 Å². The van der Waals surface area contributed by atoms with Gasteiger partial charge in [0.1, 0.15) is 0 Å². The van der Waals surface area contributed by atoms with E-state index in [1.165, 1.54) is 19.3 Å². The third-order valence-electron chi connectivity index (χ3n) is 5.86. The lowest BCUT2D eigenvalue weighted by atomic mass is 9.94. The van der Waals surface area contributed by atoms with Crippen molar-refractivity contribution in [3.8, 4) is 0 Å². The molecule has 2 unspecified atom stereocenters. The van der Waals surface area contributed by atoms with Gasteiger partial charge in [0.05, 0.1) is 29.3 Å². The summed E-state index contributed by atoms with van der Waals surface area (Å²) in [6.07, 6.45) is 5.80. The summed E-state index contributed by atoms with van der Waals surface area (Å²) >= 11 is 6.41. The average Bonchev–Trinajstić information content (AvgIpc) is 2.71. The molecule has 2 aliphatic rings. The third kappa shape index (κ3) is 5.64. The summed E-state index contributed by atoms with van der Waals surface area (Å²) in [5.41, 5.74) is 1.24. The van der Waals surface area contributed by atoms with Crippen molar-refractivity contribution in [1.29, 1.82) is 0 Å². The number of morpholine rings is 1. The highest BCUT2D eigenvalue weighted by molar-refractivity contribution is 6.34. The van der Waals surface area contributed by atoms with Gasteiger partial charge in [0, 0.05) is 31.9 Å². The summed E-state index contributed by atoms with van der Waals surface area (Å²) in [7, 11) is 1.86. The topological polar surface area (TPSA) is 61.9 Å². The van der Waals surface area contributed by atoms with Crippen molar-refractivity contribution in [3.63, 3.8) is 0 Å². The van der Waals surface area contributed by atoms with Crippen LogP contribution < -0.4 is 5.32 Å². The van der Waals surface area contributed by atoms with E-state index in [0.717, 1.165) is 18.5 Å². The molecule has 1 saturated carbocycles. The predicted octanol–water partition coefficient (Wildman–Crippen LogP) is 3.79. The highest BCUT2D eigenvalue weighted by Crippen LogP contribution is 2.26. The molecule has 1 aliphatic carbocycles. The van der Waals surface area contributed by atoms with E-state index in [1.807, 2.05) is 36.8 Å². The molecule has 0 aromatic heterocycles. The fraction of sp³-hybridized carbons (Fsp3) is 0.636. The number of rotatable bonds is 5. The number of benzene rings is 1. The van der Waals surface area contributed by atoms with Gasteiger partial charge in [-0.2, -0.15) is 0 Å². The summed E-state index contributed by atoms with van der Waals surface area (Å²) in [6.45, 7) is 5.34. The number of halogens is 1. The lowest BCUT2D eigenvalue weighted by Crippen LogP contribution is -2.49. The fourth-order valence-corrected chi connectivity index (χ4v) is 4.56. The van der Waals surface area contributed by atoms with Gasteiger partial charge in [0.15, 0.2) is 0 Å². The Morgan fingerprint density at radius 1 is 1.17 bits per heavy atom. The van der Waals surface area contributed by atoms with Gasteiger partial charge in [-0.15, -0.1) is 0 Å². The summed E-state index contributed by atoms with van der Waals surface area (Å²) in [4.78, 5) is 29.0. The van der Waals surface area contributed by atoms with Crippen LogP contribution in [0.1, 0.15) is 56.3 Å². The Kier molecular flexibility index (Phi) is 7.41. The molecule has 2 amide bonds. The van der Waals surface area contributed by atoms with Gasteiger partial charge in [0.2, 0.25) is 5.91 Å². The number of carbonyl (C=O) groups excluding carboxylic acids is 2. The van der Waals surface area contributed by atoms with Gasteiger partial charge >= 0.3 is 0 Å². The van der Waals surface area contributed by atoms with Crippen LogP contribution in [0.15, 0.2) is 18.2 Å². The van der Waals surface area contributed by atoms with Crippen LogP contribution in [-0.2, 0) is 9.53 Å². The molecule has 1 aliphatic heterocycles. The molecule has 0 radical (unpaired) electrons. The Morgan fingerprint density at radius 3 is 2.45 bits per heavy atom. The zero-order valence-corrected chi connectivity index (χ0v) is 18.4. The van der Waals surface area contributed by atoms with Crippen molar-refractivity contribution in [2.24, 2.45) is 0 Å². The molecule has 1 aromatic carbocycles. The number of hydrogen-bond acceptors (Lipinski definition) is 4. The minimum atomic E-state index is -0.0409. The molecular weight excluding hydrogens is 390 g/mol. The number of nitrogens with zero attached hydrogens (tertiary/aromatic N) is 2. The molecule has 1 saturated heterocycles. The van der Waals surface area contributed by atoms with Gasteiger partial charge in [-0.05, 0) is 44.9 Å². The van der Waals surface area contributed by atoms with E-state index in [1.54, 1.807) is 12.1 Å². The van der Waals surface area contributed by atoms with Gasteiger partial charge in [0.25, 0.3) is 5.91 Å². The van der Waals surface area contributed by atoms with Crippen molar-refractivity contribution in [3.05, 3.63) is 28.8 Å². The molecule has 160 valence electrons. The first-order chi connectivity index (χ1) is 13.8. The van der Waals surface area contributed by atoms with Crippen LogP contribution >= 0.6 is 11.6 Å². The molecular formula is C22H32ClN3O3. The number of anilines is 1. The highest BCUT2D eigenvalue weighted by atomic mass is 35.5. The first-order valence-electron chi connectivity index (χ1n) is 10.6. The van der Waals surface area contributed by atoms with Gasteiger partial charge < -0.3 is 19.9 Å². The second-order valence-electron chi connectivity index (χ2n) is 8.31. The smallest absolute Gasteiger partial charge is 0.255 e. The van der Waals surface area contributed by atoms with Crippen LogP contribution in [0.5, 0.6) is 0 Å². The van der Waals surface area contributed by atoms with E-state index in [9.17, 15) is 9.59 Å². The van der Waals surface area contributed by atoms with Crippen LogP contribution in [0.4, 0.5) is 5.69 Å². The van der Waals surface area contributed by atoms with E-state index in [-0.39, 0.29) is 30.6 Å². The Balaban J connectivity index is 1.57. The van der Waals surface area contributed by atoms with Crippen LogP contribution in [0.3, 0.4) is 0 Å². The molecule has 1 N–H and O–H groups in total. The van der Waals surface area contributed by atoms with Crippen LogP contribution in [0, 0.1) is 0 Å². The number of carbonyl (C=O) groups is 2. The molecule has 1 aromatic rings.